The van der Waals surface area contributed by atoms with Crippen molar-refractivity contribution in [3.8, 4) is 0 Å². The van der Waals surface area contributed by atoms with Gasteiger partial charge in [0.25, 0.3) is 5.91 Å². The zero-order valence-corrected chi connectivity index (χ0v) is 14.6. The average Bonchev–Trinajstić information content (AvgIpc) is 3.15. The Morgan fingerprint density at radius 2 is 1.81 bits per heavy atom. The number of amides is 2. The van der Waals surface area contributed by atoms with E-state index in [1.807, 2.05) is 0 Å². The lowest BCUT2D eigenvalue weighted by Gasteiger charge is -2.35. The summed E-state index contributed by atoms with van der Waals surface area (Å²) in [5, 5.41) is 0. The molecule has 1 fully saturated rings. The van der Waals surface area contributed by atoms with Crippen molar-refractivity contribution in [2.45, 2.75) is 6.42 Å². The van der Waals surface area contributed by atoms with Crippen LogP contribution in [0, 0.1) is 5.82 Å². The molecule has 7 heteroatoms. The maximum atomic E-state index is 13.3. The fourth-order valence-corrected chi connectivity index (χ4v) is 3.26. The molecule has 2 heterocycles. The number of aromatic nitrogens is 1. The fourth-order valence-electron chi connectivity index (χ4n) is 3.26. The van der Waals surface area contributed by atoms with Crippen LogP contribution in [0.1, 0.15) is 15.9 Å². The van der Waals surface area contributed by atoms with Crippen molar-refractivity contribution in [2.24, 2.45) is 0 Å². The van der Waals surface area contributed by atoms with Gasteiger partial charge in [0.15, 0.2) is 12.0 Å². The Morgan fingerprint density at radius 3 is 2.59 bits per heavy atom. The summed E-state index contributed by atoms with van der Waals surface area (Å²) in [5.74, 6) is -0.499. The first-order chi connectivity index (χ1) is 13.1. The smallest absolute Gasteiger partial charge is 0.254 e. The normalized spacial score (nSPS) is 14.6. The molecule has 4 rings (SSSR count). The number of benzene rings is 2. The van der Waals surface area contributed by atoms with E-state index in [0.29, 0.717) is 48.4 Å². The standard InChI is InChI=1S/C20H18FN3O3/c21-16-3-1-2-14(10-16)11-19(25)23-6-8-24(9-7-23)20(26)15-4-5-17-18(12-15)27-13-22-17/h1-5,10,12-13H,6-9,11H2. The molecule has 27 heavy (non-hydrogen) atoms. The van der Waals surface area contributed by atoms with E-state index in [0.717, 1.165) is 0 Å². The van der Waals surface area contributed by atoms with Crippen LogP contribution in [0.25, 0.3) is 11.1 Å². The number of carbonyl (C=O) groups is 2. The van der Waals surface area contributed by atoms with Crippen LogP contribution in [0.3, 0.4) is 0 Å². The Bertz CT molecular complexity index is 993. The number of hydrogen-bond acceptors (Lipinski definition) is 4. The summed E-state index contributed by atoms with van der Waals surface area (Å²) in [6, 6.07) is 11.2. The van der Waals surface area contributed by atoms with Gasteiger partial charge in [-0.3, -0.25) is 9.59 Å². The molecule has 0 bridgehead atoms. The number of piperazine rings is 1. The lowest BCUT2D eigenvalue weighted by Crippen LogP contribution is -2.51. The molecule has 0 radical (unpaired) electrons. The van der Waals surface area contributed by atoms with Gasteiger partial charge < -0.3 is 14.2 Å². The van der Waals surface area contributed by atoms with Gasteiger partial charge in [0.1, 0.15) is 11.3 Å². The summed E-state index contributed by atoms with van der Waals surface area (Å²) in [6.45, 7) is 1.85. The predicted octanol–water partition coefficient (Wildman–Crippen LogP) is 2.49. The van der Waals surface area contributed by atoms with Crippen LogP contribution in [0.4, 0.5) is 4.39 Å². The summed E-state index contributed by atoms with van der Waals surface area (Å²) < 4.78 is 18.5. The van der Waals surface area contributed by atoms with Crippen molar-refractivity contribution >= 4 is 22.9 Å². The summed E-state index contributed by atoms with van der Waals surface area (Å²) in [5.41, 5.74) is 2.47. The first-order valence-corrected chi connectivity index (χ1v) is 8.75. The minimum Gasteiger partial charge on any atom is -0.443 e. The van der Waals surface area contributed by atoms with Crippen LogP contribution in [0.2, 0.25) is 0 Å². The molecule has 2 amide bonds. The Balaban J connectivity index is 1.36. The topological polar surface area (TPSA) is 66.7 Å². The van der Waals surface area contributed by atoms with Gasteiger partial charge in [0.2, 0.25) is 5.91 Å². The lowest BCUT2D eigenvalue weighted by molar-refractivity contribution is -0.131. The van der Waals surface area contributed by atoms with E-state index in [-0.39, 0.29) is 24.1 Å². The number of hydrogen-bond donors (Lipinski definition) is 0. The Kier molecular flexibility index (Phi) is 4.58. The third-order valence-electron chi connectivity index (χ3n) is 4.74. The molecular formula is C20H18FN3O3. The minimum atomic E-state index is -0.348. The molecular weight excluding hydrogens is 349 g/mol. The second-order valence-electron chi connectivity index (χ2n) is 6.51. The quantitative estimate of drug-likeness (QED) is 0.713. The van der Waals surface area contributed by atoms with E-state index in [2.05, 4.69) is 4.98 Å². The SMILES string of the molecule is O=C(Cc1cccc(F)c1)N1CCN(C(=O)c2ccc3ncoc3c2)CC1. The zero-order valence-electron chi connectivity index (χ0n) is 14.6. The van der Waals surface area contributed by atoms with Crippen molar-refractivity contribution in [1.29, 1.82) is 0 Å². The third kappa shape index (κ3) is 3.67. The predicted molar refractivity (Wildman–Crippen MR) is 96.6 cm³/mol. The van der Waals surface area contributed by atoms with E-state index >= 15 is 0 Å². The van der Waals surface area contributed by atoms with Crippen molar-refractivity contribution in [2.75, 3.05) is 26.2 Å². The minimum absolute atomic E-state index is 0.0595. The molecule has 3 aromatic rings. The highest BCUT2D eigenvalue weighted by Gasteiger charge is 2.25. The van der Waals surface area contributed by atoms with E-state index in [4.69, 9.17) is 4.42 Å². The van der Waals surface area contributed by atoms with Gasteiger partial charge in [0, 0.05) is 31.7 Å². The maximum Gasteiger partial charge on any atom is 0.254 e. The number of fused-ring (bicyclic) bond motifs is 1. The molecule has 138 valence electrons. The first kappa shape index (κ1) is 17.2. The van der Waals surface area contributed by atoms with Crippen LogP contribution >= 0.6 is 0 Å². The summed E-state index contributed by atoms with van der Waals surface area (Å²) >= 11 is 0. The highest BCUT2D eigenvalue weighted by Crippen LogP contribution is 2.17. The van der Waals surface area contributed by atoms with Gasteiger partial charge >= 0.3 is 0 Å². The number of rotatable bonds is 3. The van der Waals surface area contributed by atoms with Crippen LogP contribution < -0.4 is 0 Å². The van der Waals surface area contributed by atoms with Gasteiger partial charge in [0.05, 0.1) is 6.42 Å². The highest BCUT2D eigenvalue weighted by molar-refractivity contribution is 5.97. The lowest BCUT2D eigenvalue weighted by atomic mass is 10.1. The molecule has 2 aromatic carbocycles. The number of nitrogens with zero attached hydrogens (tertiary/aromatic N) is 3. The van der Waals surface area contributed by atoms with Crippen molar-refractivity contribution in [1.82, 2.24) is 14.8 Å². The van der Waals surface area contributed by atoms with Crippen LogP contribution in [0.5, 0.6) is 0 Å². The van der Waals surface area contributed by atoms with E-state index < -0.39 is 0 Å². The number of carbonyl (C=O) groups excluding carboxylic acids is 2. The second-order valence-corrected chi connectivity index (χ2v) is 6.51. The first-order valence-electron chi connectivity index (χ1n) is 8.75. The Hall–Kier alpha value is -3.22. The van der Waals surface area contributed by atoms with Crippen molar-refractivity contribution in [3.05, 3.63) is 65.8 Å². The molecule has 1 saturated heterocycles. The molecule has 1 aliphatic rings. The molecule has 0 aliphatic carbocycles. The molecule has 0 saturated carbocycles. The molecule has 0 unspecified atom stereocenters. The summed E-state index contributed by atoms with van der Waals surface area (Å²) in [7, 11) is 0. The van der Waals surface area contributed by atoms with Gasteiger partial charge in [-0.15, -0.1) is 0 Å². The van der Waals surface area contributed by atoms with Gasteiger partial charge in [-0.1, -0.05) is 12.1 Å². The number of halogens is 1. The fraction of sp³-hybridized carbons (Fsp3) is 0.250. The van der Waals surface area contributed by atoms with E-state index in [1.165, 1.54) is 18.5 Å². The van der Waals surface area contributed by atoms with Gasteiger partial charge in [-0.25, -0.2) is 9.37 Å². The Labute approximate surface area is 155 Å². The van der Waals surface area contributed by atoms with Gasteiger partial charge in [-0.05, 0) is 35.9 Å². The molecule has 6 nitrogen and oxygen atoms in total. The average molecular weight is 367 g/mol. The van der Waals surface area contributed by atoms with Crippen molar-refractivity contribution in [3.63, 3.8) is 0 Å². The monoisotopic (exact) mass is 367 g/mol. The van der Waals surface area contributed by atoms with Crippen LogP contribution in [-0.2, 0) is 11.2 Å². The van der Waals surface area contributed by atoms with Crippen LogP contribution in [0.15, 0.2) is 53.3 Å². The van der Waals surface area contributed by atoms with Crippen molar-refractivity contribution < 1.29 is 18.4 Å². The zero-order chi connectivity index (χ0) is 18.8. The summed E-state index contributed by atoms with van der Waals surface area (Å²) in [4.78, 5) is 32.6. The molecule has 0 N–H and O–H groups in total. The molecule has 0 spiro atoms. The largest absolute Gasteiger partial charge is 0.443 e. The Morgan fingerprint density at radius 1 is 1.04 bits per heavy atom. The molecule has 0 atom stereocenters. The van der Waals surface area contributed by atoms with Crippen LogP contribution in [-0.4, -0.2) is 52.8 Å². The van der Waals surface area contributed by atoms with Gasteiger partial charge in [-0.2, -0.15) is 0 Å². The van der Waals surface area contributed by atoms with E-state index in [9.17, 15) is 14.0 Å². The summed E-state index contributed by atoms with van der Waals surface area (Å²) in [6.07, 6.45) is 1.51. The maximum absolute atomic E-state index is 13.3. The number of oxazole rings is 1. The molecule has 1 aromatic heterocycles. The van der Waals surface area contributed by atoms with E-state index in [1.54, 1.807) is 40.1 Å². The molecule has 1 aliphatic heterocycles. The highest BCUT2D eigenvalue weighted by atomic mass is 19.1. The third-order valence-corrected chi connectivity index (χ3v) is 4.74. The second kappa shape index (κ2) is 7.19.